The minimum absolute atomic E-state index is 0.0578. The minimum atomic E-state index is -0.981. The number of carbonyl (C=O) groups excluding carboxylic acids is 1. The van der Waals surface area contributed by atoms with Gasteiger partial charge in [0.05, 0.1) is 11.6 Å². The van der Waals surface area contributed by atoms with Gasteiger partial charge in [0.25, 0.3) is 0 Å². The quantitative estimate of drug-likeness (QED) is 0.356. The summed E-state index contributed by atoms with van der Waals surface area (Å²) >= 11 is 0. The second-order valence-corrected chi connectivity index (χ2v) is 7.45. The van der Waals surface area contributed by atoms with Crippen LogP contribution in [-0.2, 0) is 16.0 Å². The van der Waals surface area contributed by atoms with E-state index in [2.05, 4.69) is 35.2 Å². The van der Waals surface area contributed by atoms with Crippen LogP contribution >= 0.6 is 0 Å². The Balaban J connectivity index is 1.46. The fourth-order valence-corrected chi connectivity index (χ4v) is 4.05. The summed E-state index contributed by atoms with van der Waals surface area (Å²) in [6.07, 6.45) is -1.44. The van der Waals surface area contributed by atoms with E-state index in [-0.39, 0.29) is 18.9 Å². The number of ether oxygens (including phenoxy) is 1. The van der Waals surface area contributed by atoms with Crippen LogP contribution in [0.1, 0.15) is 28.2 Å². The summed E-state index contributed by atoms with van der Waals surface area (Å²) in [6, 6.07) is 25.3. The Morgan fingerprint density at radius 2 is 1.61 bits per heavy atom. The highest BCUT2D eigenvalue weighted by atomic mass is 17.1. The number of carbonyl (C=O) groups is 1. The number of nitriles is 1. The van der Waals surface area contributed by atoms with E-state index in [0.29, 0.717) is 11.1 Å². The van der Waals surface area contributed by atoms with Crippen LogP contribution in [0.5, 0.6) is 0 Å². The SMILES string of the molecule is CN(C(=O)OCC1c2ccccc2-c2ccccc21)C(Cc1ccccc1C#N)OO. The van der Waals surface area contributed by atoms with Crippen molar-refractivity contribution in [3.8, 4) is 17.2 Å². The number of benzene rings is 3. The first-order chi connectivity index (χ1) is 15.1. The van der Waals surface area contributed by atoms with Crippen molar-refractivity contribution in [1.29, 1.82) is 5.26 Å². The number of likely N-dealkylation sites (N-methyl/N-ethyl adjacent to an activating group) is 1. The highest BCUT2D eigenvalue weighted by Crippen LogP contribution is 2.44. The third-order valence-electron chi connectivity index (χ3n) is 5.71. The molecule has 1 aliphatic carbocycles. The van der Waals surface area contributed by atoms with Gasteiger partial charge in [0.2, 0.25) is 0 Å². The van der Waals surface area contributed by atoms with E-state index in [1.165, 1.54) is 11.9 Å². The Morgan fingerprint density at radius 1 is 1.03 bits per heavy atom. The normalized spacial score (nSPS) is 13.1. The van der Waals surface area contributed by atoms with Crippen molar-refractivity contribution >= 4 is 6.09 Å². The molecule has 0 fully saturated rings. The van der Waals surface area contributed by atoms with E-state index in [4.69, 9.17) is 4.74 Å². The van der Waals surface area contributed by atoms with Crippen molar-refractivity contribution in [2.45, 2.75) is 18.6 Å². The first-order valence-corrected chi connectivity index (χ1v) is 10.00. The van der Waals surface area contributed by atoms with Crippen LogP contribution in [0.3, 0.4) is 0 Å². The highest BCUT2D eigenvalue weighted by molar-refractivity contribution is 5.79. The number of fused-ring (bicyclic) bond motifs is 3. The molecule has 0 bridgehead atoms. The van der Waals surface area contributed by atoms with E-state index >= 15 is 0 Å². The van der Waals surface area contributed by atoms with Crippen LogP contribution in [0, 0.1) is 11.3 Å². The Morgan fingerprint density at radius 3 is 2.23 bits per heavy atom. The third-order valence-corrected chi connectivity index (χ3v) is 5.71. The number of hydrogen-bond acceptors (Lipinski definition) is 5. The highest BCUT2D eigenvalue weighted by Gasteiger charge is 2.30. The maximum absolute atomic E-state index is 12.7. The summed E-state index contributed by atoms with van der Waals surface area (Å²) in [5.41, 5.74) is 5.68. The smallest absolute Gasteiger partial charge is 0.411 e. The molecule has 0 aliphatic heterocycles. The summed E-state index contributed by atoms with van der Waals surface area (Å²) < 4.78 is 5.61. The second kappa shape index (κ2) is 9.00. The van der Waals surface area contributed by atoms with Crippen LogP contribution in [0.15, 0.2) is 72.8 Å². The van der Waals surface area contributed by atoms with Gasteiger partial charge >= 0.3 is 6.09 Å². The van der Waals surface area contributed by atoms with Gasteiger partial charge in [-0.2, -0.15) is 5.26 Å². The average molecular weight is 414 g/mol. The molecule has 1 aliphatic rings. The fourth-order valence-electron chi connectivity index (χ4n) is 4.05. The van der Waals surface area contributed by atoms with E-state index in [0.717, 1.165) is 22.3 Å². The average Bonchev–Trinajstić information content (AvgIpc) is 3.14. The van der Waals surface area contributed by atoms with E-state index in [9.17, 15) is 15.3 Å². The van der Waals surface area contributed by atoms with Crippen molar-refractivity contribution in [3.63, 3.8) is 0 Å². The van der Waals surface area contributed by atoms with Crippen LogP contribution < -0.4 is 0 Å². The number of nitrogens with zero attached hydrogens (tertiary/aromatic N) is 2. The van der Waals surface area contributed by atoms with Gasteiger partial charge in [-0.25, -0.2) is 14.9 Å². The molecule has 1 N–H and O–H groups in total. The van der Waals surface area contributed by atoms with Crippen LogP contribution in [-0.4, -0.2) is 36.1 Å². The Labute approximate surface area is 180 Å². The van der Waals surface area contributed by atoms with Crippen LogP contribution in [0.4, 0.5) is 4.79 Å². The molecule has 0 saturated carbocycles. The first kappa shape index (κ1) is 20.6. The third kappa shape index (κ3) is 4.02. The van der Waals surface area contributed by atoms with Crippen molar-refractivity contribution in [2.24, 2.45) is 0 Å². The molecular weight excluding hydrogens is 392 g/mol. The lowest BCUT2D eigenvalue weighted by atomic mass is 9.98. The molecule has 0 radical (unpaired) electrons. The fraction of sp³-hybridized carbons (Fsp3) is 0.200. The summed E-state index contributed by atoms with van der Waals surface area (Å²) in [5, 5.41) is 18.6. The van der Waals surface area contributed by atoms with Gasteiger partial charge in [-0.05, 0) is 33.9 Å². The van der Waals surface area contributed by atoms with Crippen molar-refractivity contribution in [1.82, 2.24) is 4.90 Å². The molecule has 1 unspecified atom stereocenters. The number of rotatable bonds is 6. The minimum Gasteiger partial charge on any atom is -0.448 e. The molecule has 3 aromatic rings. The van der Waals surface area contributed by atoms with Gasteiger partial charge in [0.15, 0.2) is 6.23 Å². The van der Waals surface area contributed by atoms with Crippen LogP contribution in [0.25, 0.3) is 11.1 Å². The van der Waals surface area contributed by atoms with Gasteiger partial charge in [-0.15, -0.1) is 0 Å². The molecule has 0 aromatic heterocycles. The summed E-state index contributed by atoms with van der Waals surface area (Å²) in [7, 11) is 1.49. The molecule has 4 rings (SSSR count). The van der Waals surface area contributed by atoms with Gasteiger partial charge < -0.3 is 4.74 Å². The zero-order valence-corrected chi connectivity index (χ0v) is 17.1. The summed E-state index contributed by atoms with van der Waals surface area (Å²) in [5.74, 6) is -0.0578. The largest absolute Gasteiger partial charge is 0.448 e. The molecule has 31 heavy (non-hydrogen) atoms. The Bertz CT molecular complexity index is 1090. The molecule has 6 nitrogen and oxygen atoms in total. The lowest BCUT2D eigenvalue weighted by Crippen LogP contribution is -2.40. The standard InChI is InChI=1S/C25H22N2O4/c1-27(24(31-29)14-17-8-2-3-9-18(17)15-26)25(28)30-16-23-21-12-6-4-10-19(21)20-11-5-7-13-22(20)23/h2-13,23-24,29H,14,16H2,1H3. The topological polar surface area (TPSA) is 82.8 Å². The molecule has 3 aromatic carbocycles. The zero-order chi connectivity index (χ0) is 21.8. The molecule has 1 atom stereocenters. The Hall–Kier alpha value is -3.66. The molecule has 0 saturated heterocycles. The monoisotopic (exact) mass is 414 g/mol. The molecular formula is C25H22N2O4. The van der Waals surface area contributed by atoms with E-state index in [1.54, 1.807) is 24.3 Å². The maximum atomic E-state index is 12.7. The predicted octanol–water partition coefficient (Wildman–Crippen LogP) is 4.80. The molecule has 0 heterocycles. The van der Waals surface area contributed by atoms with Crippen molar-refractivity contribution < 1.29 is 19.7 Å². The summed E-state index contributed by atoms with van der Waals surface area (Å²) in [4.78, 5) is 18.4. The lowest BCUT2D eigenvalue weighted by molar-refractivity contribution is -0.304. The number of hydrogen-bond donors (Lipinski definition) is 1. The van der Waals surface area contributed by atoms with Gasteiger partial charge in [-0.3, -0.25) is 4.90 Å². The maximum Gasteiger partial charge on any atom is 0.411 e. The molecule has 1 amide bonds. The van der Waals surface area contributed by atoms with E-state index in [1.807, 2.05) is 24.3 Å². The van der Waals surface area contributed by atoms with Crippen molar-refractivity contribution in [3.05, 3.63) is 95.1 Å². The lowest BCUT2D eigenvalue weighted by Gasteiger charge is -2.26. The summed E-state index contributed by atoms with van der Waals surface area (Å²) in [6.45, 7) is 0.171. The number of amides is 1. The molecule has 0 spiro atoms. The van der Waals surface area contributed by atoms with Gasteiger partial charge in [-0.1, -0.05) is 66.7 Å². The van der Waals surface area contributed by atoms with Crippen LogP contribution in [0.2, 0.25) is 0 Å². The van der Waals surface area contributed by atoms with Crippen molar-refractivity contribution in [2.75, 3.05) is 13.7 Å². The van der Waals surface area contributed by atoms with Gasteiger partial charge in [0, 0.05) is 19.4 Å². The first-order valence-electron chi connectivity index (χ1n) is 10.00. The molecule has 156 valence electrons. The zero-order valence-electron chi connectivity index (χ0n) is 17.1. The predicted molar refractivity (Wildman–Crippen MR) is 115 cm³/mol. The second-order valence-electron chi connectivity index (χ2n) is 7.45. The molecule has 6 heteroatoms. The van der Waals surface area contributed by atoms with E-state index < -0.39 is 12.3 Å². The Kier molecular flexibility index (Phi) is 5.99. The van der Waals surface area contributed by atoms with Gasteiger partial charge in [0.1, 0.15) is 6.61 Å².